The molecule has 2 fully saturated rings. The van der Waals surface area contributed by atoms with E-state index in [4.69, 9.17) is 0 Å². The van der Waals surface area contributed by atoms with Gasteiger partial charge in [0.1, 0.15) is 0 Å². The van der Waals surface area contributed by atoms with Crippen molar-refractivity contribution in [1.82, 2.24) is 10.2 Å². The first kappa shape index (κ1) is 19.8. The maximum Gasteiger partial charge on any atom is 0.243 e. The highest BCUT2D eigenvalue weighted by Gasteiger charge is 2.41. The Hall–Kier alpha value is -1.94. The van der Waals surface area contributed by atoms with Gasteiger partial charge in [0.25, 0.3) is 0 Å². The van der Waals surface area contributed by atoms with Gasteiger partial charge in [-0.25, -0.2) is 8.42 Å². The Morgan fingerprint density at radius 2 is 2.00 bits per heavy atom. The zero-order chi connectivity index (χ0) is 19.6. The minimum absolute atomic E-state index is 0.0359. The van der Waals surface area contributed by atoms with E-state index < -0.39 is 15.8 Å². The molecule has 0 bridgehead atoms. The predicted octanol–water partition coefficient (Wildman–Crippen LogP) is 0.539. The zero-order valence-corrected chi connectivity index (χ0v) is 16.9. The molecule has 2 unspecified atom stereocenters. The molecule has 2 saturated heterocycles. The first-order chi connectivity index (χ1) is 12.7. The van der Waals surface area contributed by atoms with Gasteiger partial charge >= 0.3 is 0 Å². The normalized spacial score (nSPS) is 24.0. The first-order valence-corrected chi connectivity index (χ1v) is 11.2. The van der Waals surface area contributed by atoms with Crippen molar-refractivity contribution in [3.05, 3.63) is 28.7 Å². The van der Waals surface area contributed by atoms with Crippen molar-refractivity contribution >= 4 is 49.2 Å². The zero-order valence-electron chi connectivity index (χ0n) is 14.5. The van der Waals surface area contributed by atoms with Crippen molar-refractivity contribution in [2.45, 2.75) is 18.9 Å². The summed E-state index contributed by atoms with van der Waals surface area (Å²) in [5, 5.41) is 5.23. The van der Waals surface area contributed by atoms with Crippen LogP contribution in [0.1, 0.15) is 12.8 Å². The molecule has 0 radical (unpaired) electrons. The summed E-state index contributed by atoms with van der Waals surface area (Å²) < 4.78 is 23.9. The summed E-state index contributed by atoms with van der Waals surface area (Å²) in [6.45, 7) is -0.0145. The molecule has 1 aromatic carbocycles. The third kappa shape index (κ3) is 4.86. The van der Waals surface area contributed by atoms with Gasteiger partial charge < -0.3 is 15.5 Å². The maximum atomic E-state index is 12.3. The highest BCUT2D eigenvalue weighted by atomic mass is 79.9. The van der Waals surface area contributed by atoms with Crippen LogP contribution >= 0.6 is 15.9 Å². The van der Waals surface area contributed by atoms with Crippen molar-refractivity contribution in [2.24, 2.45) is 5.92 Å². The number of hydrogen-bond acceptors (Lipinski definition) is 5. The quantitative estimate of drug-likeness (QED) is 0.669. The highest BCUT2D eigenvalue weighted by Crippen LogP contribution is 2.26. The predicted molar refractivity (Wildman–Crippen MR) is 103 cm³/mol. The SMILES string of the molecule is O=C(CNC(=O)C1CC(=O)N(C2CCS(=O)(=O)C2)C1)Nc1ccccc1Br. The minimum Gasteiger partial charge on any atom is -0.347 e. The van der Waals surface area contributed by atoms with Crippen LogP contribution in [0.2, 0.25) is 0 Å². The van der Waals surface area contributed by atoms with Crippen LogP contribution in [0.4, 0.5) is 5.69 Å². The second kappa shape index (κ2) is 7.97. The van der Waals surface area contributed by atoms with Gasteiger partial charge in [0.2, 0.25) is 17.7 Å². The summed E-state index contributed by atoms with van der Waals surface area (Å²) in [5.41, 5.74) is 0.599. The maximum absolute atomic E-state index is 12.3. The number of amides is 3. The number of likely N-dealkylation sites (tertiary alicyclic amines) is 1. The van der Waals surface area contributed by atoms with E-state index in [9.17, 15) is 22.8 Å². The van der Waals surface area contributed by atoms with Crippen molar-refractivity contribution in [2.75, 3.05) is 29.9 Å². The molecule has 0 aliphatic carbocycles. The lowest BCUT2D eigenvalue weighted by atomic mass is 10.1. The Kier molecular flexibility index (Phi) is 5.85. The van der Waals surface area contributed by atoms with Crippen LogP contribution in [-0.2, 0) is 24.2 Å². The topological polar surface area (TPSA) is 113 Å². The molecule has 1 aromatic rings. The number of rotatable bonds is 5. The van der Waals surface area contributed by atoms with Gasteiger partial charge in [-0.05, 0) is 34.5 Å². The van der Waals surface area contributed by atoms with Crippen LogP contribution < -0.4 is 10.6 Å². The number of para-hydroxylation sites is 1. The minimum atomic E-state index is -3.10. The molecule has 2 heterocycles. The lowest BCUT2D eigenvalue weighted by Gasteiger charge is -2.22. The molecule has 2 N–H and O–H groups in total. The van der Waals surface area contributed by atoms with Crippen LogP contribution in [0.15, 0.2) is 28.7 Å². The Morgan fingerprint density at radius 3 is 2.67 bits per heavy atom. The average molecular weight is 458 g/mol. The van der Waals surface area contributed by atoms with E-state index in [0.29, 0.717) is 12.1 Å². The molecule has 2 aliphatic heterocycles. The fraction of sp³-hybridized carbons (Fsp3) is 0.471. The fourth-order valence-electron chi connectivity index (χ4n) is 3.35. The molecule has 10 heteroatoms. The molecule has 146 valence electrons. The molecular weight excluding hydrogens is 438 g/mol. The molecule has 3 rings (SSSR count). The van der Waals surface area contributed by atoms with Gasteiger partial charge in [0.15, 0.2) is 9.84 Å². The Labute approximate surface area is 165 Å². The van der Waals surface area contributed by atoms with E-state index in [0.717, 1.165) is 4.47 Å². The Morgan fingerprint density at radius 1 is 1.26 bits per heavy atom. The van der Waals surface area contributed by atoms with Gasteiger partial charge in [0, 0.05) is 23.5 Å². The molecular formula is C17H20BrN3O5S. The third-order valence-corrected chi connectivity index (χ3v) is 7.19. The molecule has 0 spiro atoms. The molecule has 8 nitrogen and oxygen atoms in total. The number of benzene rings is 1. The van der Waals surface area contributed by atoms with E-state index in [2.05, 4.69) is 26.6 Å². The first-order valence-electron chi connectivity index (χ1n) is 8.57. The van der Waals surface area contributed by atoms with Crippen LogP contribution in [0.5, 0.6) is 0 Å². The molecule has 3 amide bonds. The summed E-state index contributed by atoms with van der Waals surface area (Å²) in [7, 11) is -3.10. The number of carbonyl (C=O) groups excluding carboxylic acids is 3. The third-order valence-electron chi connectivity index (χ3n) is 4.75. The molecule has 2 aliphatic rings. The largest absolute Gasteiger partial charge is 0.347 e. The molecule has 27 heavy (non-hydrogen) atoms. The standard InChI is InChI=1S/C17H20BrN3O5S/c18-13-3-1-2-4-14(13)20-15(22)8-19-17(24)11-7-16(23)21(9-11)12-5-6-27(25,26)10-12/h1-4,11-12H,5-10H2,(H,19,24)(H,20,22). The van der Waals surface area contributed by atoms with E-state index in [1.54, 1.807) is 18.2 Å². The number of nitrogens with one attached hydrogen (secondary N) is 2. The summed E-state index contributed by atoms with van der Waals surface area (Å²) in [5.74, 6) is -1.51. The lowest BCUT2D eigenvalue weighted by Crippen LogP contribution is -2.40. The van der Waals surface area contributed by atoms with Crippen molar-refractivity contribution in [3.63, 3.8) is 0 Å². The average Bonchev–Trinajstić information content (AvgIpc) is 3.17. The van der Waals surface area contributed by atoms with Crippen LogP contribution in [0.3, 0.4) is 0 Å². The Balaban J connectivity index is 1.49. The van der Waals surface area contributed by atoms with Gasteiger partial charge in [-0.3, -0.25) is 14.4 Å². The monoisotopic (exact) mass is 457 g/mol. The smallest absolute Gasteiger partial charge is 0.243 e. The number of nitrogens with zero attached hydrogens (tertiary/aromatic N) is 1. The number of sulfone groups is 1. The second-order valence-electron chi connectivity index (χ2n) is 6.75. The van der Waals surface area contributed by atoms with E-state index >= 15 is 0 Å². The van der Waals surface area contributed by atoms with E-state index in [1.165, 1.54) is 4.90 Å². The fourth-order valence-corrected chi connectivity index (χ4v) is 5.46. The van der Waals surface area contributed by atoms with Gasteiger partial charge in [-0.1, -0.05) is 12.1 Å². The molecule has 0 aromatic heterocycles. The highest BCUT2D eigenvalue weighted by molar-refractivity contribution is 9.10. The summed E-state index contributed by atoms with van der Waals surface area (Å²) in [6.07, 6.45) is 0.449. The number of anilines is 1. The number of halogens is 1. The summed E-state index contributed by atoms with van der Waals surface area (Å²) >= 11 is 3.32. The molecule has 2 atom stereocenters. The number of hydrogen-bond donors (Lipinski definition) is 2. The molecule has 0 saturated carbocycles. The van der Waals surface area contributed by atoms with Crippen molar-refractivity contribution < 1.29 is 22.8 Å². The van der Waals surface area contributed by atoms with E-state index in [1.807, 2.05) is 6.07 Å². The second-order valence-corrected chi connectivity index (χ2v) is 9.83. The van der Waals surface area contributed by atoms with E-state index in [-0.39, 0.29) is 54.8 Å². The van der Waals surface area contributed by atoms with Gasteiger partial charge in [-0.15, -0.1) is 0 Å². The van der Waals surface area contributed by atoms with Gasteiger partial charge in [0.05, 0.1) is 29.7 Å². The number of carbonyl (C=O) groups is 3. The van der Waals surface area contributed by atoms with Crippen molar-refractivity contribution in [3.8, 4) is 0 Å². The Bertz CT molecular complexity index is 873. The van der Waals surface area contributed by atoms with Crippen LogP contribution in [0.25, 0.3) is 0 Å². The summed E-state index contributed by atoms with van der Waals surface area (Å²) in [4.78, 5) is 38.0. The summed E-state index contributed by atoms with van der Waals surface area (Å²) in [6, 6.07) is 6.77. The van der Waals surface area contributed by atoms with Crippen LogP contribution in [0, 0.1) is 5.92 Å². The van der Waals surface area contributed by atoms with Crippen LogP contribution in [-0.4, -0.2) is 61.7 Å². The van der Waals surface area contributed by atoms with Crippen molar-refractivity contribution in [1.29, 1.82) is 0 Å². The lowest BCUT2D eigenvalue weighted by molar-refractivity contribution is -0.130. The van der Waals surface area contributed by atoms with Gasteiger partial charge in [-0.2, -0.15) is 0 Å².